The van der Waals surface area contributed by atoms with E-state index in [9.17, 15) is 9.59 Å². The molecule has 1 aromatic rings. The van der Waals surface area contributed by atoms with Crippen molar-refractivity contribution in [3.8, 4) is 0 Å². The van der Waals surface area contributed by atoms with Crippen LogP contribution in [0.1, 0.15) is 37.7 Å². The van der Waals surface area contributed by atoms with Gasteiger partial charge < -0.3 is 10.6 Å². The summed E-state index contributed by atoms with van der Waals surface area (Å²) in [6.45, 7) is 9.52. The van der Waals surface area contributed by atoms with Crippen molar-refractivity contribution >= 4 is 17.8 Å². The van der Waals surface area contributed by atoms with Gasteiger partial charge in [-0.3, -0.25) is 15.0 Å². The fourth-order valence-corrected chi connectivity index (χ4v) is 2.46. The van der Waals surface area contributed by atoms with Crippen LogP contribution in [0.4, 0.5) is 10.6 Å². The highest BCUT2D eigenvalue weighted by Gasteiger charge is 2.26. The molecule has 1 saturated heterocycles. The molecule has 0 unspecified atom stereocenters. The quantitative estimate of drug-likeness (QED) is 0.723. The van der Waals surface area contributed by atoms with Gasteiger partial charge in [0.25, 0.3) is 5.91 Å². The molecule has 1 aliphatic heterocycles. The predicted molar refractivity (Wildman–Crippen MR) is 81.4 cm³/mol. The molecule has 0 radical (unpaired) electrons. The highest BCUT2D eigenvalue weighted by Crippen LogP contribution is 2.16. The number of aromatic amines is 1. The number of carbonyl (C=O) groups excluding carboxylic acids is 2. The van der Waals surface area contributed by atoms with Gasteiger partial charge in [-0.05, 0) is 27.2 Å². The van der Waals surface area contributed by atoms with E-state index in [1.807, 2.05) is 0 Å². The van der Waals surface area contributed by atoms with Crippen molar-refractivity contribution in [1.29, 1.82) is 0 Å². The Hall–Kier alpha value is -2.16. The largest absolute Gasteiger partial charge is 0.364 e. The number of amides is 3. The summed E-state index contributed by atoms with van der Waals surface area (Å²) >= 11 is 0. The number of carbonyl (C=O) groups is 2. The first-order chi connectivity index (χ1) is 10.3. The SMILES string of the molecule is CC(C)(C)N1CCCN(C(=O)Nc2n[nH]nc2C(N)=O)CC1. The number of anilines is 1. The number of nitrogens with one attached hydrogen (secondary N) is 2. The maximum absolute atomic E-state index is 12.3. The Bertz CT molecular complexity index is 549. The zero-order valence-corrected chi connectivity index (χ0v) is 13.2. The first-order valence-corrected chi connectivity index (χ1v) is 7.30. The van der Waals surface area contributed by atoms with E-state index in [1.165, 1.54) is 0 Å². The molecule has 0 spiro atoms. The van der Waals surface area contributed by atoms with E-state index >= 15 is 0 Å². The lowest BCUT2D eigenvalue weighted by Crippen LogP contribution is -2.44. The lowest BCUT2D eigenvalue weighted by Gasteiger charge is -2.34. The molecule has 2 rings (SSSR count). The summed E-state index contributed by atoms with van der Waals surface area (Å²) in [5.74, 6) is -0.673. The number of nitrogens with zero attached hydrogens (tertiary/aromatic N) is 4. The molecule has 1 aromatic heterocycles. The normalized spacial score (nSPS) is 17.1. The van der Waals surface area contributed by atoms with Crippen LogP contribution in [-0.2, 0) is 0 Å². The molecule has 9 nitrogen and oxygen atoms in total. The molecule has 3 amide bonds. The van der Waals surface area contributed by atoms with Gasteiger partial charge in [-0.1, -0.05) is 0 Å². The Morgan fingerprint density at radius 2 is 1.91 bits per heavy atom. The molecule has 0 bridgehead atoms. The van der Waals surface area contributed by atoms with E-state index in [-0.39, 0.29) is 23.1 Å². The average molecular weight is 309 g/mol. The lowest BCUT2D eigenvalue weighted by atomic mass is 10.1. The minimum Gasteiger partial charge on any atom is -0.364 e. The lowest BCUT2D eigenvalue weighted by molar-refractivity contribution is 0.0996. The molecule has 122 valence electrons. The van der Waals surface area contributed by atoms with Crippen molar-refractivity contribution in [2.75, 3.05) is 31.5 Å². The van der Waals surface area contributed by atoms with Crippen LogP contribution in [-0.4, -0.2) is 68.9 Å². The molecule has 2 heterocycles. The second-order valence-electron chi connectivity index (χ2n) is 6.31. The Morgan fingerprint density at radius 3 is 2.55 bits per heavy atom. The third-order valence-corrected chi connectivity index (χ3v) is 3.74. The van der Waals surface area contributed by atoms with E-state index < -0.39 is 5.91 Å². The number of hydrogen-bond donors (Lipinski definition) is 3. The number of nitrogens with two attached hydrogens (primary N) is 1. The average Bonchev–Trinajstić information content (AvgIpc) is 2.72. The van der Waals surface area contributed by atoms with Crippen molar-refractivity contribution in [2.24, 2.45) is 5.73 Å². The number of aromatic nitrogens is 3. The maximum Gasteiger partial charge on any atom is 0.323 e. The molecule has 0 atom stereocenters. The van der Waals surface area contributed by atoms with Crippen LogP contribution < -0.4 is 11.1 Å². The van der Waals surface area contributed by atoms with Crippen molar-refractivity contribution < 1.29 is 9.59 Å². The molecule has 0 aliphatic carbocycles. The Kier molecular flexibility index (Phi) is 4.65. The minimum absolute atomic E-state index is 0.0643. The highest BCUT2D eigenvalue weighted by molar-refractivity contribution is 5.99. The van der Waals surface area contributed by atoms with E-state index in [1.54, 1.807) is 4.90 Å². The van der Waals surface area contributed by atoms with Gasteiger partial charge in [0.05, 0.1) is 0 Å². The number of rotatable bonds is 2. The number of primary amides is 1. The molecule has 22 heavy (non-hydrogen) atoms. The first kappa shape index (κ1) is 16.2. The van der Waals surface area contributed by atoms with Crippen LogP contribution in [0.2, 0.25) is 0 Å². The van der Waals surface area contributed by atoms with Gasteiger partial charge in [-0.2, -0.15) is 5.21 Å². The number of H-pyrrole nitrogens is 1. The Morgan fingerprint density at radius 1 is 1.18 bits per heavy atom. The fraction of sp³-hybridized carbons (Fsp3) is 0.692. The van der Waals surface area contributed by atoms with Gasteiger partial charge in [0.2, 0.25) is 0 Å². The monoisotopic (exact) mass is 309 g/mol. The summed E-state index contributed by atoms with van der Waals surface area (Å²) in [6, 6.07) is -0.299. The van der Waals surface area contributed by atoms with Crippen LogP contribution >= 0.6 is 0 Å². The molecule has 0 saturated carbocycles. The van der Waals surface area contributed by atoms with Gasteiger partial charge in [-0.15, -0.1) is 10.2 Å². The van der Waals surface area contributed by atoms with Crippen LogP contribution in [0.25, 0.3) is 0 Å². The maximum atomic E-state index is 12.3. The number of urea groups is 1. The van der Waals surface area contributed by atoms with E-state index in [0.717, 1.165) is 19.5 Å². The zero-order valence-electron chi connectivity index (χ0n) is 13.2. The topological polar surface area (TPSA) is 120 Å². The third kappa shape index (κ3) is 3.73. The summed E-state index contributed by atoms with van der Waals surface area (Å²) < 4.78 is 0. The Labute approximate surface area is 129 Å². The predicted octanol–water partition coefficient (Wildman–Crippen LogP) is 0.242. The fourth-order valence-electron chi connectivity index (χ4n) is 2.46. The summed E-state index contributed by atoms with van der Waals surface area (Å²) in [6.07, 6.45) is 0.895. The second-order valence-corrected chi connectivity index (χ2v) is 6.31. The van der Waals surface area contributed by atoms with Gasteiger partial charge in [0.1, 0.15) is 0 Å². The van der Waals surface area contributed by atoms with E-state index in [2.05, 4.69) is 46.4 Å². The van der Waals surface area contributed by atoms with Crippen molar-refractivity contribution in [2.45, 2.75) is 32.7 Å². The minimum atomic E-state index is -0.737. The van der Waals surface area contributed by atoms with Crippen LogP contribution in [0, 0.1) is 0 Å². The van der Waals surface area contributed by atoms with Gasteiger partial charge >= 0.3 is 6.03 Å². The van der Waals surface area contributed by atoms with Crippen LogP contribution in [0.5, 0.6) is 0 Å². The standard InChI is InChI=1S/C13H23N7O2/c1-13(2,3)20-6-4-5-19(7-8-20)12(22)15-11-9(10(14)21)16-18-17-11/h4-8H2,1-3H3,(H2,14,21)(H2,15,16,17,18,22). The van der Waals surface area contributed by atoms with Gasteiger partial charge in [0.15, 0.2) is 11.5 Å². The molecule has 9 heteroatoms. The van der Waals surface area contributed by atoms with Crippen molar-refractivity contribution in [3.05, 3.63) is 5.69 Å². The van der Waals surface area contributed by atoms with Crippen LogP contribution in [0.15, 0.2) is 0 Å². The summed E-state index contributed by atoms with van der Waals surface area (Å²) in [5, 5.41) is 12.2. The smallest absolute Gasteiger partial charge is 0.323 e. The summed E-state index contributed by atoms with van der Waals surface area (Å²) in [5.41, 5.74) is 5.18. The van der Waals surface area contributed by atoms with Gasteiger partial charge in [0, 0.05) is 31.7 Å². The molecular weight excluding hydrogens is 286 g/mol. The third-order valence-electron chi connectivity index (χ3n) is 3.74. The van der Waals surface area contributed by atoms with Gasteiger partial charge in [-0.25, -0.2) is 4.79 Å². The van der Waals surface area contributed by atoms with E-state index in [4.69, 9.17) is 5.73 Å². The van der Waals surface area contributed by atoms with E-state index in [0.29, 0.717) is 13.1 Å². The zero-order chi connectivity index (χ0) is 16.3. The van der Waals surface area contributed by atoms with Crippen LogP contribution in [0.3, 0.4) is 0 Å². The number of hydrogen-bond acceptors (Lipinski definition) is 5. The first-order valence-electron chi connectivity index (χ1n) is 7.30. The Balaban J connectivity index is 1.98. The summed E-state index contributed by atoms with van der Waals surface area (Å²) in [7, 11) is 0. The van der Waals surface area contributed by atoms with Crippen molar-refractivity contribution in [3.63, 3.8) is 0 Å². The second kappa shape index (κ2) is 6.30. The molecule has 1 aliphatic rings. The molecule has 0 aromatic carbocycles. The molecular formula is C13H23N7O2. The molecule has 4 N–H and O–H groups in total. The highest BCUT2D eigenvalue weighted by atomic mass is 16.2. The van der Waals surface area contributed by atoms with Crippen molar-refractivity contribution in [1.82, 2.24) is 25.2 Å². The molecule has 1 fully saturated rings. The summed E-state index contributed by atoms with van der Waals surface area (Å²) in [4.78, 5) is 27.6.